The van der Waals surface area contributed by atoms with Gasteiger partial charge in [0.1, 0.15) is 10.6 Å². The molecular formula is C18H19F3N2O5S. The zero-order valence-electron chi connectivity index (χ0n) is 15.5. The Bertz CT molecular complexity index is 929. The predicted octanol–water partition coefficient (Wildman–Crippen LogP) is 1.79. The van der Waals surface area contributed by atoms with E-state index in [1.165, 1.54) is 36.6 Å². The fourth-order valence-corrected chi connectivity index (χ4v) is 3.03. The molecule has 11 heteroatoms. The van der Waals surface area contributed by atoms with Crippen LogP contribution in [0.15, 0.2) is 41.4 Å². The minimum atomic E-state index is -4.97. The van der Waals surface area contributed by atoms with Crippen LogP contribution in [0.5, 0.6) is 5.75 Å². The van der Waals surface area contributed by atoms with Crippen molar-refractivity contribution in [1.82, 2.24) is 0 Å². The summed E-state index contributed by atoms with van der Waals surface area (Å²) in [5, 5.41) is 9.49. The number of hydrogen-bond donors (Lipinski definition) is 1. The molecule has 7 nitrogen and oxygen atoms in total. The highest BCUT2D eigenvalue weighted by Crippen LogP contribution is 2.26. The number of aliphatic hydroxyl groups is 1. The second-order valence-electron chi connectivity index (χ2n) is 6.36. The largest absolute Gasteiger partial charge is 0.491 e. The van der Waals surface area contributed by atoms with Gasteiger partial charge in [0.15, 0.2) is 12.1 Å². The first kappa shape index (κ1) is 22.6. The second-order valence-corrected chi connectivity index (χ2v) is 7.30. The molecule has 1 aromatic rings. The molecule has 1 aliphatic rings. The van der Waals surface area contributed by atoms with Crippen LogP contribution in [0.4, 0.5) is 18.9 Å². The Labute approximate surface area is 166 Å². The van der Waals surface area contributed by atoms with E-state index in [9.17, 15) is 31.5 Å². The van der Waals surface area contributed by atoms with Gasteiger partial charge in [-0.3, -0.25) is 9.79 Å². The third kappa shape index (κ3) is 5.91. The first-order valence-corrected chi connectivity index (χ1v) is 9.57. The van der Waals surface area contributed by atoms with Gasteiger partial charge < -0.3 is 14.7 Å². The fraction of sp³-hybridized carbons (Fsp3) is 0.389. The van der Waals surface area contributed by atoms with Crippen molar-refractivity contribution in [3.8, 4) is 5.75 Å². The topological polar surface area (TPSA) is 96.3 Å². The van der Waals surface area contributed by atoms with Gasteiger partial charge in [-0.2, -0.15) is 21.6 Å². The lowest BCUT2D eigenvalue weighted by Crippen LogP contribution is -2.49. The molecule has 1 N–H and O–H groups in total. The lowest BCUT2D eigenvalue weighted by atomic mass is 10.1. The number of hydrogen-bond acceptors (Lipinski definition) is 6. The van der Waals surface area contributed by atoms with Gasteiger partial charge in [0.2, 0.25) is 10.3 Å². The number of rotatable bonds is 6. The normalized spacial score (nSPS) is 17.3. The molecule has 2 rings (SSSR count). The molecule has 0 fully saturated rings. The number of aliphatic imine (C=N–C) groups is 1. The molecule has 1 aromatic carbocycles. The van der Waals surface area contributed by atoms with Crippen LogP contribution in [0.1, 0.15) is 13.8 Å². The Kier molecular flexibility index (Phi) is 7.20. The molecular weight excluding hydrogens is 413 g/mol. The van der Waals surface area contributed by atoms with E-state index in [0.29, 0.717) is 10.6 Å². The molecule has 1 aliphatic heterocycles. The molecule has 2 unspecified atom stereocenters. The monoisotopic (exact) mass is 432 g/mol. The first-order valence-electron chi connectivity index (χ1n) is 8.49. The molecule has 0 saturated heterocycles. The molecule has 0 spiro atoms. The molecule has 0 radical (unpaired) electrons. The minimum Gasteiger partial charge on any atom is -0.491 e. The predicted molar refractivity (Wildman–Crippen MR) is 102 cm³/mol. The van der Waals surface area contributed by atoms with Gasteiger partial charge >= 0.3 is 6.18 Å². The first-order chi connectivity index (χ1) is 13.5. The maximum Gasteiger partial charge on any atom is 0.416 e. The quantitative estimate of drug-likeness (QED) is 0.692. The maximum atomic E-state index is 12.9. The Morgan fingerprint density at radius 2 is 1.90 bits per heavy atom. The Balaban J connectivity index is 2.42. The highest BCUT2D eigenvalue weighted by molar-refractivity contribution is 7.73. The number of dihydropyridines is 1. The number of carbonyl (C=O) groups excluding carboxylic acids is 1. The van der Waals surface area contributed by atoms with Crippen LogP contribution in [-0.2, 0) is 15.1 Å². The lowest BCUT2D eigenvalue weighted by Gasteiger charge is -2.29. The smallest absolute Gasteiger partial charge is 0.416 e. The number of carbonyl (C=O) groups is 1. The van der Waals surface area contributed by atoms with Gasteiger partial charge in [-0.15, -0.1) is 0 Å². The van der Waals surface area contributed by atoms with Crippen molar-refractivity contribution >= 4 is 33.0 Å². The summed E-state index contributed by atoms with van der Waals surface area (Å²) in [6.45, 7) is 2.46. The summed E-state index contributed by atoms with van der Waals surface area (Å²) in [4.78, 5) is 17.0. The van der Waals surface area contributed by atoms with Gasteiger partial charge in [-0.25, -0.2) is 0 Å². The van der Waals surface area contributed by atoms with Crippen LogP contribution in [0.3, 0.4) is 0 Å². The molecule has 0 aliphatic carbocycles. The average Bonchev–Trinajstić information content (AvgIpc) is 2.65. The molecule has 1 heterocycles. The van der Waals surface area contributed by atoms with E-state index in [0.717, 1.165) is 6.08 Å². The average molecular weight is 432 g/mol. The summed E-state index contributed by atoms with van der Waals surface area (Å²) in [5.41, 5.74) is 0.0233. The summed E-state index contributed by atoms with van der Waals surface area (Å²) in [5.74, 6) is -0.593. The summed E-state index contributed by atoms with van der Waals surface area (Å²) < 4.78 is 66.9. The molecule has 2 atom stereocenters. The number of allylic oxidation sites excluding steroid dienone is 1. The van der Waals surface area contributed by atoms with E-state index in [2.05, 4.69) is 4.99 Å². The van der Waals surface area contributed by atoms with Crippen LogP contribution in [0.25, 0.3) is 0 Å². The number of nitrogens with zero attached hydrogens (tertiary/aromatic N) is 2. The molecule has 1 amide bonds. The van der Waals surface area contributed by atoms with Gasteiger partial charge in [0, 0.05) is 11.9 Å². The highest BCUT2D eigenvalue weighted by atomic mass is 32.2. The number of anilines is 1. The molecule has 29 heavy (non-hydrogen) atoms. The minimum absolute atomic E-state index is 0.0233. The third-order valence-electron chi connectivity index (χ3n) is 3.80. The molecule has 0 saturated carbocycles. The van der Waals surface area contributed by atoms with Crippen molar-refractivity contribution < 1.29 is 36.2 Å². The number of ether oxygens (including phenoxy) is 1. The van der Waals surface area contributed by atoms with E-state index in [1.54, 1.807) is 13.8 Å². The number of aliphatic hydroxyl groups excluding tert-OH is 1. The number of benzene rings is 1. The van der Waals surface area contributed by atoms with Gasteiger partial charge in [-0.05, 0) is 50.3 Å². The summed E-state index contributed by atoms with van der Waals surface area (Å²) in [6.07, 6.45) is -4.33. The zero-order chi connectivity index (χ0) is 21.8. The van der Waals surface area contributed by atoms with Crippen LogP contribution in [0, 0.1) is 0 Å². The number of alkyl halides is 3. The van der Waals surface area contributed by atoms with E-state index in [1.807, 2.05) is 0 Å². The summed E-state index contributed by atoms with van der Waals surface area (Å²) in [7, 11) is -2.80. The SMILES string of the molecule is CC(C)Oc1ccc(N(CC(O)C(F)(F)F)C(=O)C2N=CC=CC2=S(=O)=O)cc1. The van der Waals surface area contributed by atoms with Crippen LogP contribution in [-0.4, -0.2) is 61.5 Å². The van der Waals surface area contributed by atoms with Crippen molar-refractivity contribution in [2.75, 3.05) is 11.4 Å². The zero-order valence-corrected chi connectivity index (χ0v) is 16.3. The van der Waals surface area contributed by atoms with Crippen LogP contribution in [0.2, 0.25) is 0 Å². The molecule has 0 aromatic heterocycles. The van der Waals surface area contributed by atoms with E-state index >= 15 is 0 Å². The number of halogens is 3. The third-order valence-corrected chi connectivity index (χ3v) is 4.54. The van der Waals surface area contributed by atoms with Gasteiger partial charge in [0.25, 0.3) is 5.91 Å². The van der Waals surface area contributed by atoms with E-state index < -0.39 is 41.1 Å². The summed E-state index contributed by atoms with van der Waals surface area (Å²) in [6, 6.07) is 4.04. The van der Waals surface area contributed by atoms with Gasteiger partial charge in [-0.1, -0.05) is 0 Å². The standard InChI is InChI=1S/C18H19F3N2O5S/c1-11(2)28-13-7-5-12(6-8-13)23(10-15(24)18(19,20)21)17(25)16-14(29(26)27)4-3-9-22-16/h3-9,11,15-16,24H,10H2,1-2H3. The second kappa shape index (κ2) is 9.23. The van der Waals surface area contributed by atoms with Crippen LogP contribution >= 0.6 is 0 Å². The van der Waals surface area contributed by atoms with Crippen molar-refractivity contribution in [1.29, 1.82) is 0 Å². The number of amides is 1. The maximum absolute atomic E-state index is 12.9. The molecule has 0 bridgehead atoms. The Hall–Kier alpha value is -2.66. The van der Waals surface area contributed by atoms with Crippen molar-refractivity contribution in [2.45, 2.75) is 38.3 Å². The van der Waals surface area contributed by atoms with E-state index in [4.69, 9.17) is 4.74 Å². The summed E-state index contributed by atoms with van der Waals surface area (Å²) >= 11 is 0. The fourth-order valence-electron chi connectivity index (χ4n) is 2.49. The lowest BCUT2D eigenvalue weighted by molar-refractivity contribution is -0.200. The van der Waals surface area contributed by atoms with Gasteiger partial charge in [0.05, 0.1) is 12.6 Å². The highest BCUT2D eigenvalue weighted by Gasteiger charge is 2.41. The Morgan fingerprint density at radius 1 is 1.28 bits per heavy atom. The molecule has 158 valence electrons. The van der Waals surface area contributed by atoms with Crippen molar-refractivity contribution in [2.24, 2.45) is 4.99 Å². The van der Waals surface area contributed by atoms with Crippen molar-refractivity contribution in [3.05, 3.63) is 36.4 Å². The Morgan fingerprint density at radius 3 is 2.41 bits per heavy atom. The van der Waals surface area contributed by atoms with Crippen molar-refractivity contribution in [3.63, 3.8) is 0 Å². The van der Waals surface area contributed by atoms with E-state index in [-0.39, 0.29) is 16.7 Å². The van der Waals surface area contributed by atoms with Crippen LogP contribution < -0.4 is 9.64 Å².